The third-order valence-corrected chi connectivity index (χ3v) is 2.74. The van der Waals surface area contributed by atoms with Gasteiger partial charge in [-0.25, -0.2) is 4.68 Å². The van der Waals surface area contributed by atoms with Crippen LogP contribution in [-0.2, 0) is 6.54 Å². The standard InChI is InChI=1S/C12H9ClN4O/c13-10-3-1-9(2-4-10)12-7-11(18-15-12)8-17-6-5-14-16-17/h1-7H,8H2. The van der Waals surface area contributed by atoms with Crippen LogP contribution in [0.25, 0.3) is 11.3 Å². The summed E-state index contributed by atoms with van der Waals surface area (Å²) in [6.07, 6.45) is 3.39. The highest BCUT2D eigenvalue weighted by atomic mass is 35.5. The molecule has 0 aliphatic rings. The number of aromatic nitrogens is 4. The molecule has 0 saturated carbocycles. The van der Waals surface area contributed by atoms with Crippen LogP contribution in [0.2, 0.25) is 5.02 Å². The Balaban J connectivity index is 1.83. The largest absolute Gasteiger partial charge is 0.359 e. The Hall–Kier alpha value is -2.14. The van der Waals surface area contributed by atoms with Gasteiger partial charge in [0, 0.05) is 22.8 Å². The fourth-order valence-electron chi connectivity index (χ4n) is 1.62. The zero-order chi connectivity index (χ0) is 12.4. The Labute approximate surface area is 108 Å². The fraction of sp³-hybridized carbons (Fsp3) is 0.0833. The number of hydrogen-bond donors (Lipinski definition) is 0. The third-order valence-electron chi connectivity index (χ3n) is 2.49. The van der Waals surface area contributed by atoms with E-state index in [-0.39, 0.29) is 0 Å². The monoisotopic (exact) mass is 260 g/mol. The Bertz CT molecular complexity index is 630. The van der Waals surface area contributed by atoms with E-state index in [1.165, 1.54) is 0 Å². The lowest BCUT2D eigenvalue weighted by atomic mass is 10.1. The minimum Gasteiger partial charge on any atom is -0.359 e. The van der Waals surface area contributed by atoms with Gasteiger partial charge in [-0.3, -0.25) is 0 Å². The predicted molar refractivity (Wildman–Crippen MR) is 66.1 cm³/mol. The van der Waals surface area contributed by atoms with Crippen LogP contribution in [0.5, 0.6) is 0 Å². The molecule has 90 valence electrons. The van der Waals surface area contributed by atoms with Crippen molar-refractivity contribution in [3.05, 3.63) is 53.5 Å². The average Bonchev–Trinajstić information content (AvgIpc) is 3.02. The number of rotatable bonds is 3. The molecule has 5 nitrogen and oxygen atoms in total. The zero-order valence-corrected chi connectivity index (χ0v) is 10.1. The van der Waals surface area contributed by atoms with Gasteiger partial charge in [-0.2, -0.15) is 0 Å². The van der Waals surface area contributed by atoms with Crippen molar-refractivity contribution in [1.82, 2.24) is 20.2 Å². The topological polar surface area (TPSA) is 56.7 Å². The first-order valence-corrected chi connectivity index (χ1v) is 5.75. The molecule has 6 heteroatoms. The van der Waals surface area contributed by atoms with Crippen LogP contribution in [0.1, 0.15) is 5.76 Å². The van der Waals surface area contributed by atoms with E-state index in [1.54, 1.807) is 17.1 Å². The molecule has 18 heavy (non-hydrogen) atoms. The van der Waals surface area contributed by atoms with Crippen molar-refractivity contribution >= 4 is 11.6 Å². The second kappa shape index (κ2) is 4.62. The summed E-state index contributed by atoms with van der Waals surface area (Å²) in [5, 5.41) is 12.3. The minimum atomic E-state index is 0.514. The van der Waals surface area contributed by atoms with E-state index >= 15 is 0 Å². The lowest BCUT2D eigenvalue weighted by Crippen LogP contribution is -1.98. The Morgan fingerprint density at radius 3 is 2.78 bits per heavy atom. The van der Waals surface area contributed by atoms with Gasteiger partial charge < -0.3 is 4.52 Å². The number of nitrogens with zero attached hydrogens (tertiary/aromatic N) is 4. The lowest BCUT2D eigenvalue weighted by molar-refractivity contribution is 0.372. The first-order chi connectivity index (χ1) is 8.81. The molecule has 0 bridgehead atoms. The maximum absolute atomic E-state index is 5.84. The SMILES string of the molecule is Clc1ccc(-c2cc(Cn3ccnn3)on2)cc1. The minimum absolute atomic E-state index is 0.514. The molecule has 0 aliphatic carbocycles. The zero-order valence-electron chi connectivity index (χ0n) is 9.32. The van der Waals surface area contributed by atoms with E-state index in [9.17, 15) is 0 Å². The molecule has 2 aromatic heterocycles. The summed E-state index contributed by atoms with van der Waals surface area (Å²) in [7, 11) is 0. The maximum atomic E-state index is 5.84. The van der Waals surface area contributed by atoms with Crippen molar-refractivity contribution in [1.29, 1.82) is 0 Å². The Kier molecular flexibility index (Phi) is 2.82. The normalized spacial score (nSPS) is 10.7. The second-order valence-electron chi connectivity index (χ2n) is 3.79. The van der Waals surface area contributed by atoms with Crippen molar-refractivity contribution in [3.8, 4) is 11.3 Å². The molecule has 0 unspecified atom stereocenters. The predicted octanol–water partition coefficient (Wildman–Crippen LogP) is 2.63. The molecule has 0 atom stereocenters. The summed E-state index contributed by atoms with van der Waals surface area (Å²) in [5.41, 5.74) is 1.75. The highest BCUT2D eigenvalue weighted by molar-refractivity contribution is 6.30. The van der Waals surface area contributed by atoms with Crippen molar-refractivity contribution in [2.75, 3.05) is 0 Å². The Morgan fingerprint density at radius 1 is 1.22 bits per heavy atom. The van der Waals surface area contributed by atoms with Gasteiger partial charge in [0.2, 0.25) is 0 Å². The van der Waals surface area contributed by atoms with Gasteiger partial charge in [0.15, 0.2) is 5.76 Å². The van der Waals surface area contributed by atoms with Gasteiger partial charge in [-0.05, 0) is 12.1 Å². The van der Waals surface area contributed by atoms with Gasteiger partial charge in [0.25, 0.3) is 0 Å². The molecule has 3 aromatic rings. The first-order valence-electron chi connectivity index (χ1n) is 5.37. The van der Waals surface area contributed by atoms with E-state index in [0.29, 0.717) is 11.6 Å². The summed E-state index contributed by atoms with van der Waals surface area (Å²) in [4.78, 5) is 0. The molecule has 0 saturated heterocycles. The molecule has 0 fully saturated rings. The van der Waals surface area contributed by atoms with Gasteiger partial charge in [0.05, 0.1) is 6.20 Å². The molecule has 0 spiro atoms. The van der Waals surface area contributed by atoms with E-state index < -0.39 is 0 Å². The number of benzene rings is 1. The molecular weight excluding hydrogens is 252 g/mol. The van der Waals surface area contributed by atoms with Crippen LogP contribution in [0.4, 0.5) is 0 Å². The van der Waals surface area contributed by atoms with Crippen LogP contribution in [0.3, 0.4) is 0 Å². The summed E-state index contributed by atoms with van der Waals surface area (Å²) >= 11 is 5.84. The quantitative estimate of drug-likeness (QED) is 0.726. The number of hydrogen-bond acceptors (Lipinski definition) is 4. The molecule has 3 rings (SSSR count). The maximum Gasteiger partial charge on any atom is 0.158 e. The highest BCUT2D eigenvalue weighted by Gasteiger charge is 2.07. The van der Waals surface area contributed by atoms with Crippen molar-refractivity contribution < 1.29 is 4.52 Å². The molecule has 0 amide bonds. The number of halogens is 1. The van der Waals surface area contributed by atoms with Gasteiger partial charge >= 0.3 is 0 Å². The van der Waals surface area contributed by atoms with Gasteiger partial charge in [0.1, 0.15) is 12.2 Å². The fourth-order valence-corrected chi connectivity index (χ4v) is 1.75. The van der Waals surface area contributed by atoms with E-state index in [0.717, 1.165) is 17.0 Å². The van der Waals surface area contributed by atoms with E-state index in [4.69, 9.17) is 16.1 Å². The smallest absolute Gasteiger partial charge is 0.158 e. The summed E-state index contributed by atoms with van der Waals surface area (Å²) in [6, 6.07) is 9.33. The molecule has 2 heterocycles. The van der Waals surface area contributed by atoms with Crippen LogP contribution in [0, 0.1) is 0 Å². The lowest BCUT2D eigenvalue weighted by Gasteiger charge is -1.94. The third kappa shape index (κ3) is 2.26. The van der Waals surface area contributed by atoms with Crippen molar-refractivity contribution in [3.63, 3.8) is 0 Å². The van der Waals surface area contributed by atoms with Crippen molar-refractivity contribution in [2.45, 2.75) is 6.54 Å². The van der Waals surface area contributed by atoms with Crippen LogP contribution < -0.4 is 0 Å². The molecule has 0 radical (unpaired) electrons. The molecule has 1 aromatic carbocycles. The summed E-state index contributed by atoms with van der Waals surface area (Å²) in [5.74, 6) is 0.727. The summed E-state index contributed by atoms with van der Waals surface area (Å²) < 4.78 is 6.92. The first kappa shape index (κ1) is 11.0. The molecule has 0 N–H and O–H groups in total. The molecular formula is C12H9ClN4O. The Morgan fingerprint density at radius 2 is 2.06 bits per heavy atom. The van der Waals surface area contributed by atoms with Gasteiger partial charge in [-0.15, -0.1) is 5.10 Å². The average molecular weight is 261 g/mol. The molecule has 0 aliphatic heterocycles. The van der Waals surface area contributed by atoms with Crippen LogP contribution in [-0.4, -0.2) is 20.2 Å². The van der Waals surface area contributed by atoms with Crippen LogP contribution in [0.15, 0.2) is 47.2 Å². The van der Waals surface area contributed by atoms with Crippen molar-refractivity contribution in [2.24, 2.45) is 0 Å². The highest BCUT2D eigenvalue weighted by Crippen LogP contribution is 2.21. The second-order valence-corrected chi connectivity index (χ2v) is 4.22. The van der Waals surface area contributed by atoms with Crippen LogP contribution >= 0.6 is 11.6 Å². The van der Waals surface area contributed by atoms with E-state index in [1.807, 2.05) is 30.3 Å². The van der Waals surface area contributed by atoms with Gasteiger partial charge in [-0.1, -0.05) is 34.1 Å². The van der Waals surface area contributed by atoms with E-state index in [2.05, 4.69) is 15.5 Å². The summed E-state index contributed by atoms with van der Waals surface area (Å²) in [6.45, 7) is 0.514.